The summed E-state index contributed by atoms with van der Waals surface area (Å²) in [4.78, 5) is 23.5. The highest BCUT2D eigenvalue weighted by Crippen LogP contribution is 2.32. The summed E-state index contributed by atoms with van der Waals surface area (Å²) in [6.45, 7) is 0. The largest absolute Gasteiger partial charge is 0.504 e. The quantitative estimate of drug-likeness (QED) is 0.733. The number of methoxy groups -OCH3 is 1. The lowest BCUT2D eigenvalue weighted by molar-refractivity contribution is 0.0695. The summed E-state index contributed by atoms with van der Waals surface area (Å²) in [5, 5.41) is 19.0. The van der Waals surface area contributed by atoms with Crippen LogP contribution in [-0.2, 0) is 0 Å². The smallest absolute Gasteiger partial charge is 0.341 e. The van der Waals surface area contributed by atoms with Gasteiger partial charge in [-0.05, 0) is 30.3 Å². The van der Waals surface area contributed by atoms with Crippen molar-refractivity contribution in [1.82, 2.24) is 4.57 Å². The first kappa shape index (κ1) is 18.1. The number of aromatic nitrogens is 1. The number of aromatic hydroxyl groups is 1. The van der Waals surface area contributed by atoms with Gasteiger partial charge in [-0.25, -0.2) is 13.6 Å². The zero-order chi connectivity index (χ0) is 19.7. The number of ether oxygens (including phenoxy) is 1. The van der Waals surface area contributed by atoms with Crippen molar-refractivity contribution in [2.75, 3.05) is 7.11 Å². The summed E-state index contributed by atoms with van der Waals surface area (Å²) in [5.74, 6) is -3.27. The Balaban J connectivity index is 2.35. The van der Waals surface area contributed by atoms with Crippen LogP contribution >= 0.6 is 0 Å². The maximum absolute atomic E-state index is 14.3. The molecule has 0 amide bonds. The van der Waals surface area contributed by atoms with Crippen LogP contribution < -0.4 is 10.2 Å². The monoisotopic (exact) mass is 373 g/mol. The SMILES string of the molecule is COc1cc(-c2cc(=O)c(C(=O)O)cn2-c2ccc(F)cc2F)ccc1O. The Morgan fingerprint density at radius 2 is 1.85 bits per heavy atom. The molecular weight excluding hydrogens is 360 g/mol. The molecule has 8 heteroatoms. The number of phenolic OH excluding ortho intramolecular Hbond substituents is 1. The van der Waals surface area contributed by atoms with Crippen LogP contribution in [0.25, 0.3) is 16.9 Å². The average molecular weight is 373 g/mol. The van der Waals surface area contributed by atoms with Gasteiger partial charge in [-0.1, -0.05) is 0 Å². The van der Waals surface area contributed by atoms with E-state index < -0.39 is 28.6 Å². The minimum Gasteiger partial charge on any atom is -0.504 e. The van der Waals surface area contributed by atoms with E-state index in [2.05, 4.69) is 0 Å². The summed E-state index contributed by atoms with van der Waals surface area (Å²) in [6, 6.07) is 7.98. The highest BCUT2D eigenvalue weighted by molar-refractivity contribution is 5.88. The van der Waals surface area contributed by atoms with Crippen molar-refractivity contribution in [2.45, 2.75) is 0 Å². The predicted molar refractivity (Wildman–Crippen MR) is 92.6 cm³/mol. The number of benzene rings is 2. The molecule has 0 aliphatic carbocycles. The number of carboxylic acid groups (broad SMARTS) is 1. The van der Waals surface area contributed by atoms with E-state index in [0.29, 0.717) is 11.6 Å². The molecule has 1 aromatic heterocycles. The van der Waals surface area contributed by atoms with Gasteiger partial charge in [-0.2, -0.15) is 0 Å². The first-order valence-electron chi connectivity index (χ1n) is 7.64. The van der Waals surface area contributed by atoms with E-state index in [1.54, 1.807) is 0 Å². The first-order valence-corrected chi connectivity index (χ1v) is 7.64. The topological polar surface area (TPSA) is 88.8 Å². The lowest BCUT2D eigenvalue weighted by Crippen LogP contribution is -2.18. The Morgan fingerprint density at radius 1 is 1.11 bits per heavy atom. The van der Waals surface area contributed by atoms with Crippen molar-refractivity contribution in [3.05, 3.63) is 76.1 Å². The van der Waals surface area contributed by atoms with Crippen LogP contribution in [0.5, 0.6) is 11.5 Å². The molecule has 0 bridgehead atoms. The number of carbonyl (C=O) groups is 1. The standard InChI is InChI=1S/C19H13F2NO5/c1-27-18-6-10(2-5-16(18)23)15-8-17(24)12(19(25)26)9-22(15)14-4-3-11(20)7-13(14)21/h2-9,23H,1H3,(H,25,26). The summed E-state index contributed by atoms with van der Waals surface area (Å²) in [5.41, 5.74) is -1.03. The zero-order valence-electron chi connectivity index (χ0n) is 13.9. The maximum Gasteiger partial charge on any atom is 0.341 e. The van der Waals surface area contributed by atoms with Gasteiger partial charge in [0.2, 0.25) is 0 Å². The van der Waals surface area contributed by atoms with E-state index in [4.69, 9.17) is 4.74 Å². The summed E-state index contributed by atoms with van der Waals surface area (Å²) in [6.07, 6.45) is 0.968. The molecule has 0 saturated carbocycles. The number of phenols is 1. The van der Waals surface area contributed by atoms with Crippen molar-refractivity contribution >= 4 is 5.97 Å². The number of carboxylic acids is 1. The van der Waals surface area contributed by atoms with Crippen LogP contribution in [0.4, 0.5) is 8.78 Å². The Labute approximate surface area is 151 Å². The van der Waals surface area contributed by atoms with Gasteiger partial charge in [0.05, 0.1) is 18.5 Å². The third-order valence-electron chi connectivity index (χ3n) is 3.93. The Kier molecular flexibility index (Phi) is 4.64. The average Bonchev–Trinajstić information content (AvgIpc) is 2.62. The van der Waals surface area contributed by atoms with Gasteiger partial charge in [0.15, 0.2) is 16.9 Å². The second-order valence-electron chi connectivity index (χ2n) is 5.59. The maximum atomic E-state index is 14.3. The fourth-order valence-corrected chi connectivity index (χ4v) is 2.63. The predicted octanol–water partition coefficient (Wildman–Crippen LogP) is 3.20. The van der Waals surface area contributed by atoms with Gasteiger partial charge in [-0.15, -0.1) is 0 Å². The van der Waals surface area contributed by atoms with Crippen LogP contribution in [0, 0.1) is 11.6 Å². The molecule has 0 aliphatic heterocycles. The van der Waals surface area contributed by atoms with Gasteiger partial charge >= 0.3 is 5.97 Å². The summed E-state index contributed by atoms with van der Waals surface area (Å²) < 4.78 is 33.7. The minimum absolute atomic E-state index is 0.105. The van der Waals surface area contributed by atoms with Crippen molar-refractivity contribution in [3.8, 4) is 28.4 Å². The molecule has 0 aliphatic rings. The van der Waals surface area contributed by atoms with Gasteiger partial charge in [0.25, 0.3) is 0 Å². The highest BCUT2D eigenvalue weighted by atomic mass is 19.1. The highest BCUT2D eigenvalue weighted by Gasteiger charge is 2.18. The van der Waals surface area contributed by atoms with E-state index in [0.717, 1.165) is 29.0 Å². The van der Waals surface area contributed by atoms with Crippen molar-refractivity contribution in [3.63, 3.8) is 0 Å². The molecule has 2 aromatic carbocycles. The lowest BCUT2D eigenvalue weighted by atomic mass is 10.1. The van der Waals surface area contributed by atoms with Gasteiger partial charge in [0.1, 0.15) is 17.2 Å². The molecule has 2 N–H and O–H groups in total. The van der Waals surface area contributed by atoms with Crippen molar-refractivity contribution in [2.24, 2.45) is 0 Å². The van der Waals surface area contributed by atoms with E-state index in [1.807, 2.05) is 0 Å². The molecule has 27 heavy (non-hydrogen) atoms. The minimum atomic E-state index is -1.48. The van der Waals surface area contributed by atoms with Gasteiger partial charge in [-0.3, -0.25) is 4.79 Å². The zero-order valence-corrected chi connectivity index (χ0v) is 13.9. The molecule has 6 nitrogen and oxygen atoms in total. The van der Waals surface area contributed by atoms with Gasteiger partial charge < -0.3 is 19.5 Å². The van der Waals surface area contributed by atoms with E-state index in [1.165, 1.54) is 25.3 Å². The van der Waals surface area contributed by atoms with Crippen LogP contribution in [0.2, 0.25) is 0 Å². The molecule has 0 unspecified atom stereocenters. The Bertz CT molecular complexity index is 1110. The molecule has 0 saturated heterocycles. The van der Waals surface area contributed by atoms with E-state index in [-0.39, 0.29) is 22.9 Å². The Hall–Kier alpha value is -3.68. The molecule has 3 aromatic rings. The van der Waals surface area contributed by atoms with Crippen LogP contribution in [0.1, 0.15) is 10.4 Å². The fourth-order valence-electron chi connectivity index (χ4n) is 2.63. The number of hydrogen-bond acceptors (Lipinski definition) is 4. The summed E-state index contributed by atoms with van der Waals surface area (Å²) >= 11 is 0. The molecule has 0 radical (unpaired) electrons. The number of hydrogen-bond donors (Lipinski definition) is 2. The first-order chi connectivity index (χ1) is 12.8. The van der Waals surface area contributed by atoms with Crippen molar-refractivity contribution < 1.29 is 28.5 Å². The van der Waals surface area contributed by atoms with E-state index in [9.17, 15) is 28.6 Å². The molecule has 1 heterocycles. The molecule has 0 fully saturated rings. The number of nitrogens with zero attached hydrogens (tertiary/aromatic N) is 1. The second kappa shape index (κ2) is 6.91. The number of aromatic carboxylic acids is 1. The van der Waals surface area contributed by atoms with Gasteiger partial charge in [0, 0.05) is 23.9 Å². The van der Waals surface area contributed by atoms with Crippen LogP contribution in [-0.4, -0.2) is 27.9 Å². The normalized spacial score (nSPS) is 10.6. The van der Waals surface area contributed by atoms with Crippen molar-refractivity contribution in [1.29, 1.82) is 0 Å². The Morgan fingerprint density at radius 3 is 2.48 bits per heavy atom. The number of pyridine rings is 1. The molecule has 0 atom stereocenters. The third kappa shape index (κ3) is 3.37. The number of halogens is 2. The molecule has 3 rings (SSSR count). The van der Waals surface area contributed by atoms with E-state index >= 15 is 0 Å². The molecular formula is C19H13F2NO5. The third-order valence-corrected chi connectivity index (χ3v) is 3.93. The lowest BCUT2D eigenvalue weighted by Gasteiger charge is -2.16. The van der Waals surface area contributed by atoms with Crippen LogP contribution in [0.15, 0.2) is 53.5 Å². The second-order valence-corrected chi connectivity index (χ2v) is 5.59. The molecule has 0 spiro atoms. The number of rotatable bonds is 4. The van der Waals surface area contributed by atoms with Crippen LogP contribution in [0.3, 0.4) is 0 Å². The fraction of sp³-hybridized carbons (Fsp3) is 0.0526. The molecule has 138 valence electrons. The summed E-state index contributed by atoms with van der Waals surface area (Å²) in [7, 11) is 1.33.